The summed E-state index contributed by atoms with van der Waals surface area (Å²) in [5, 5.41) is 0. The van der Waals surface area contributed by atoms with E-state index in [9.17, 15) is 0 Å². The van der Waals surface area contributed by atoms with Crippen LogP contribution in [0.4, 0.5) is 0 Å². The predicted molar refractivity (Wildman–Crippen MR) is 65.6 cm³/mol. The topological polar surface area (TPSA) is 12.5 Å². The molecule has 0 radical (unpaired) electrons. The van der Waals surface area contributed by atoms with Crippen LogP contribution in [0, 0.1) is 5.92 Å². The van der Waals surface area contributed by atoms with Crippen LogP contribution in [-0.4, -0.2) is 42.6 Å². The first-order chi connectivity index (χ1) is 7.01. The average Bonchev–Trinajstić information content (AvgIpc) is 2.51. The molecule has 0 spiro atoms. The summed E-state index contributed by atoms with van der Waals surface area (Å²) in [4.78, 5) is 2.49. The molecule has 1 rings (SSSR count). The fourth-order valence-electron chi connectivity index (χ4n) is 1.99. The minimum absolute atomic E-state index is 0.00470. The second kappa shape index (κ2) is 6.07. The van der Waals surface area contributed by atoms with Crippen LogP contribution in [-0.2, 0) is 4.74 Å². The third kappa shape index (κ3) is 5.74. The van der Waals surface area contributed by atoms with Crippen LogP contribution in [0.25, 0.3) is 0 Å². The van der Waals surface area contributed by atoms with Gasteiger partial charge >= 0.3 is 0 Å². The number of hydrogen-bond acceptors (Lipinski definition) is 2. The fraction of sp³-hybridized carbons (Fsp3) is 1.00. The molecule has 0 aromatic carbocycles. The number of likely N-dealkylation sites (tertiary alicyclic amines) is 1. The van der Waals surface area contributed by atoms with E-state index in [1.807, 2.05) is 0 Å². The van der Waals surface area contributed by atoms with E-state index in [1.54, 1.807) is 0 Å². The van der Waals surface area contributed by atoms with Gasteiger partial charge in [-0.2, -0.15) is 0 Å². The number of halogens is 1. The molecule has 1 aliphatic rings. The zero-order chi connectivity index (χ0) is 11.3. The Morgan fingerprint density at radius 2 is 2.13 bits per heavy atom. The first-order valence-corrected chi connectivity index (χ1v) is 6.47. The second-order valence-electron chi connectivity index (χ2n) is 5.39. The Kier molecular flexibility index (Phi) is 5.37. The number of nitrogens with zero attached hydrogens (tertiary/aromatic N) is 1. The van der Waals surface area contributed by atoms with Gasteiger partial charge in [-0.3, -0.25) is 0 Å². The van der Waals surface area contributed by atoms with Gasteiger partial charge in [0.2, 0.25) is 0 Å². The van der Waals surface area contributed by atoms with Crippen LogP contribution in [0.3, 0.4) is 0 Å². The maximum atomic E-state index is 5.75. The molecule has 1 unspecified atom stereocenters. The highest BCUT2D eigenvalue weighted by molar-refractivity contribution is 6.17. The van der Waals surface area contributed by atoms with Crippen LogP contribution >= 0.6 is 11.6 Å². The van der Waals surface area contributed by atoms with Crippen molar-refractivity contribution in [2.24, 2.45) is 5.92 Å². The van der Waals surface area contributed by atoms with E-state index in [4.69, 9.17) is 16.3 Å². The molecule has 1 aliphatic heterocycles. The van der Waals surface area contributed by atoms with E-state index >= 15 is 0 Å². The summed E-state index contributed by atoms with van der Waals surface area (Å²) in [5.74, 6) is 1.62. The Morgan fingerprint density at radius 3 is 2.73 bits per heavy atom. The minimum atomic E-state index is -0.00470. The maximum absolute atomic E-state index is 5.75. The molecule has 0 aromatic heterocycles. The Morgan fingerprint density at radius 1 is 1.40 bits per heavy atom. The number of rotatable bonds is 5. The average molecular weight is 234 g/mol. The highest BCUT2D eigenvalue weighted by Crippen LogP contribution is 2.19. The van der Waals surface area contributed by atoms with Gasteiger partial charge in [-0.1, -0.05) is 0 Å². The van der Waals surface area contributed by atoms with Crippen LogP contribution in [0.15, 0.2) is 0 Å². The molecule has 90 valence electrons. The summed E-state index contributed by atoms with van der Waals surface area (Å²) in [6, 6.07) is 0. The van der Waals surface area contributed by atoms with Crippen molar-refractivity contribution in [2.45, 2.75) is 39.2 Å². The monoisotopic (exact) mass is 233 g/mol. The lowest BCUT2D eigenvalue weighted by Crippen LogP contribution is -2.29. The quantitative estimate of drug-likeness (QED) is 0.678. The van der Waals surface area contributed by atoms with Gasteiger partial charge in [0.1, 0.15) is 0 Å². The lowest BCUT2D eigenvalue weighted by atomic mass is 10.1. The Labute approximate surface area is 98.9 Å². The SMILES string of the molecule is CC(C)(C)OCCN1CCC(CCCl)C1. The molecule has 1 heterocycles. The molecule has 1 saturated heterocycles. The lowest BCUT2D eigenvalue weighted by Gasteiger charge is -2.22. The van der Waals surface area contributed by atoms with E-state index in [2.05, 4.69) is 25.7 Å². The van der Waals surface area contributed by atoms with Gasteiger partial charge < -0.3 is 9.64 Å². The fourth-order valence-corrected chi connectivity index (χ4v) is 2.30. The first-order valence-electron chi connectivity index (χ1n) is 5.93. The van der Waals surface area contributed by atoms with Crippen molar-refractivity contribution in [3.8, 4) is 0 Å². The van der Waals surface area contributed by atoms with Crippen molar-refractivity contribution in [1.82, 2.24) is 4.90 Å². The van der Waals surface area contributed by atoms with Gasteiger partial charge in [0, 0.05) is 19.0 Å². The van der Waals surface area contributed by atoms with Crippen molar-refractivity contribution in [1.29, 1.82) is 0 Å². The van der Waals surface area contributed by atoms with Gasteiger partial charge in [-0.25, -0.2) is 0 Å². The van der Waals surface area contributed by atoms with Gasteiger partial charge in [0.25, 0.3) is 0 Å². The van der Waals surface area contributed by atoms with E-state index in [0.29, 0.717) is 0 Å². The molecular formula is C12H24ClNO. The maximum Gasteiger partial charge on any atom is 0.0600 e. The molecule has 0 aromatic rings. The Bertz CT molecular complexity index is 179. The third-order valence-electron chi connectivity index (χ3n) is 2.83. The zero-order valence-corrected chi connectivity index (χ0v) is 11.0. The molecular weight excluding hydrogens is 210 g/mol. The predicted octanol–water partition coefficient (Wildman–Crippen LogP) is 2.75. The van der Waals surface area contributed by atoms with Gasteiger partial charge in [0.05, 0.1) is 12.2 Å². The highest BCUT2D eigenvalue weighted by atomic mass is 35.5. The summed E-state index contributed by atoms with van der Waals surface area (Å²) >= 11 is 5.75. The summed E-state index contributed by atoms with van der Waals surface area (Å²) in [7, 11) is 0. The van der Waals surface area contributed by atoms with Crippen molar-refractivity contribution < 1.29 is 4.74 Å². The molecule has 15 heavy (non-hydrogen) atoms. The van der Waals surface area contributed by atoms with E-state index in [0.717, 1.165) is 31.4 Å². The third-order valence-corrected chi connectivity index (χ3v) is 3.05. The normalized spacial score (nSPS) is 23.6. The number of alkyl halides is 1. The summed E-state index contributed by atoms with van der Waals surface area (Å²) in [5.41, 5.74) is -0.00470. The van der Waals surface area contributed by atoms with Crippen molar-refractivity contribution >= 4 is 11.6 Å². The van der Waals surface area contributed by atoms with Crippen molar-refractivity contribution in [3.63, 3.8) is 0 Å². The molecule has 0 amide bonds. The molecule has 1 fully saturated rings. The molecule has 1 atom stereocenters. The minimum Gasteiger partial charge on any atom is -0.375 e. The standard InChI is InChI=1S/C12H24ClNO/c1-12(2,3)15-9-8-14-7-5-11(10-14)4-6-13/h11H,4-10H2,1-3H3. The molecule has 0 bridgehead atoms. The molecule has 0 saturated carbocycles. The van der Waals surface area contributed by atoms with E-state index in [-0.39, 0.29) is 5.60 Å². The Balaban J connectivity index is 2.09. The molecule has 0 N–H and O–H groups in total. The Hall–Kier alpha value is 0.210. The summed E-state index contributed by atoms with van der Waals surface area (Å²) in [6.07, 6.45) is 2.47. The summed E-state index contributed by atoms with van der Waals surface area (Å²) in [6.45, 7) is 10.6. The van der Waals surface area contributed by atoms with Crippen LogP contribution in [0.2, 0.25) is 0 Å². The summed E-state index contributed by atoms with van der Waals surface area (Å²) < 4.78 is 5.72. The van der Waals surface area contributed by atoms with E-state index < -0.39 is 0 Å². The largest absolute Gasteiger partial charge is 0.375 e. The first kappa shape index (κ1) is 13.3. The van der Waals surface area contributed by atoms with Gasteiger partial charge in [-0.05, 0) is 46.1 Å². The van der Waals surface area contributed by atoms with Gasteiger partial charge in [0.15, 0.2) is 0 Å². The number of ether oxygens (including phenoxy) is 1. The van der Waals surface area contributed by atoms with Crippen LogP contribution in [0.5, 0.6) is 0 Å². The smallest absolute Gasteiger partial charge is 0.0600 e. The zero-order valence-electron chi connectivity index (χ0n) is 10.3. The van der Waals surface area contributed by atoms with Gasteiger partial charge in [-0.15, -0.1) is 11.6 Å². The van der Waals surface area contributed by atoms with Crippen LogP contribution < -0.4 is 0 Å². The van der Waals surface area contributed by atoms with Crippen molar-refractivity contribution in [3.05, 3.63) is 0 Å². The van der Waals surface area contributed by atoms with E-state index in [1.165, 1.54) is 19.5 Å². The second-order valence-corrected chi connectivity index (χ2v) is 5.77. The molecule has 3 heteroatoms. The molecule has 2 nitrogen and oxygen atoms in total. The molecule has 0 aliphatic carbocycles. The van der Waals surface area contributed by atoms with Crippen LogP contribution in [0.1, 0.15) is 33.6 Å². The highest BCUT2D eigenvalue weighted by Gasteiger charge is 2.21. The number of hydrogen-bond donors (Lipinski definition) is 0. The van der Waals surface area contributed by atoms with Crippen molar-refractivity contribution in [2.75, 3.05) is 32.1 Å². The lowest BCUT2D eigenvalue weighted by molar-refractivity contribution is -0.0112.